The summed E-state index contributed by atoms with van der Waals surface area (Å²) in [6, 6.07) is 8.29. The monoisotopic (exact) mass is 279 g/mol. The third kappa shape index (κ3) is 3.24. The highest BCUT2D eigenvalue weighted by atomic mass is 32.2. The Bertz CT molecular complexity index is 615. The summed E-state index contributed by atoms with van der Waals surface area (Å²) in [4.78, 5) is 0.278. The molecule has 0 amide bonds. The predicted octanol–water partition coefficient (Wildman–Crippen LogP) is 3.02. The van der Waals surface area contributed by atoms with E-state index < -0.39 is 10.0 Å². The number of nitrogens with one attached hydrogen (secondary N) is 1. The molecule has 0 saturated carbocycles. The standard InChI is InChI=1S/C14H17NO3S/c1-3-14(12-8-9-18-10-12)15-19(16,17)13-6-4-11(2)5-7-13/h4-10,14-15H,3H2,1-2H3. The van der Waals surface area contributed by atoms with E-state index in [0.29, 0.717) is 6.42 Å². The summed E-state index contributed by atoms with van der Waals surface area (Å²) in [7, 11) is -3.51. The second-order valence-corrected chi connectivity index (χ2v) is 6.17. The van der Waals surface area contributed by atoms with Gasteiger partial charge in [0.1, 0.15) is 0 Å². The molecule has 4 nitrogen and oxygen atoms in total. The van der Waals surface area contributed by atoms with Crippen molar-refractivity contribution in [3.05, 3.63) is 54.0 Å². The minimum atomic E-state index is -3.51. The number of rotatable bonds is 5. The van der Waals surface area contributed by atoms with Gasteiger partial charge in [0.2, 0.25) is 10.0 Å². The van der Waals surface area contributed by atoms with Crippen LogP contribution in [0.5, 0.6) is 0 Å². The van der Waals surface area contributed by atoms with E-state index >= 15 is 0 Å². The lowest BCUT2D eigenvalue weighted by Crippen LogP contribution is -2.28. The van der Waals surface area contributed by atoms with Gasteiger partial charge in [-0.3, -0.25) is 0 Å². The molecule has 1 aromatic carbocycles. The Hall–Kier alpha value is -1.59. The summed E-state index contributed by atoms with van der Waals surface area (Å²) in [5.41, 5.74) is 1.86. The van der Waals surface area contributed by atoms with Gasteiger partial charge in [-0.15, -0.1) is 0 Å². The normalized spacial score (nSPS) is 13.4. The summed E-state index contributed by atoms with van der Waals surface area (Å²) in [6.07, 6.45) is 3.76. The van der Waals surface area contributed by atoms with Crippen molar-refractivity contribution >= 4 is 10.0 Å². The van der Waals surface area contributed by atoms with Gasteiger partial charge in [0.05, 0.1) is 17.4 Å². The molecule has 1 N–H and O–H groups in total. The Labute approximate surface area is 113 Å². The van der Waals surface area contributed by atoms with Crippen LogP contribution in [-0.4, -0.2) is 8.42 Å². The molecule has 0 aliphatic rings. The van der Waals surface area contributed by atoms with Crippen LogP contribution in [0.15, 0.2) is 52.2 Å². The third-order valence-electron chi connectivity index (χ3n) is 2.98. The molecule has 102 valence electrons. The fourth-order valence-electron chi connectivity index (χ4n) is 1.83. The zero-order valence-electron chi connectivity index (χ0n) is 11.0. The summed E-state index contributed by atoms with van der Waals surface area (Å²) in [5, 5.41) is 0. The molecule has 0 fully saturated rings. The summed E-state index contributed by atoms with van der Waals surface area (Å²) >= 11 is 0. The molecular weight excluding hydrogens is 262 g/mol. The van der Waals surface area contributed by atoms with Crippen molar-refractivity contribution in [2.45, 2.75) is 31.2 Å². The Morgan fingerprint density at radius 3 is 2.42 bits per heavy atom. The fraction of sp³-hybridized carbons (Fsp3) is 0.286. The minimum Gasteiger partial charge on any atom is -0.472 e. The van der Waals surface area contributed by atoms with Crippen molar-refractivity contribution in [1.82, 2.24) is 4.72 Å². The molecule has 0 saturated heterocycles. The van der Waals surface area contributed by atoms with Crippen LogP contribution in [0.3, 0.4) is 0 Å². The average molecular weight is 279 g/mol. The number of hydrogen-bond acceptors (Lipinski definition) is 3. The molecule has 1 heterocycles. The summed E-state index contributed by atoms with van der Waals surface area (Å²) in [6.45, 7) is 3.85. The van der Waals surface area contributed by atoms with E-state index in [9.17, 15) is 8.42 Å². The Kier molecular flexibility index (Phi) is 4.07. The first-order chi connectivity index (χ1) is 9.03. The smallest absolute Gasteiger partial charge is 0.241 e. The molecule has 1 unspecified atom stereocenters. The van der Waals surface area contributed by atoms with Gasteiger partial charge in [0.25, 0.3) is 0 Å². The highest BCUT2D eigenvalue weighted by Gasteiger charge is 2.20. The van der Waals surface area contributed by atoms with E-state index in [-0.39, 0.29) is 10.9 Å². The van der Waals surface area contributed by atoms with Crippen LogP contribution in [0, 0.1) is 6.92 Å². The SMILES string of the molecule is CCC(NS(=O)(=O)c1ccc(C)cc1)c1ccoc1. The summed E-state index contributed by atoms with van der Waals surface area (Å²) < 4.78 is 32.2. The van der Waals surface area contributed by atoms with Crippen LogP contribution in [0.1, 0.15) is 30.5 Å². The van der Waals surface area contributed by atoms with E-state index in [1.807, 2.05) is 13.8 Å². The van der Waals surface area contributed by atoms with Crippen molar-refractivity contribution in [3.63, 3.8) is 0 Å². The van der Waals surface area contributed by atoms with Crippen LogP contribution in [0.4, 0.5) is 0 Å². The Morgan fingerprint density at radius 1 is 1.21 bits per heavy atom. The van der Waals surface area contributed by atoms with E-state index in [4.69, 9.17) is 4.42 Å². The molecule has 5 heteroatoms. The van der Waals surface area contributed by atoms with E-state index in [1.165, 1.54) is 6.26 Å². The molecule has 2 rings (SSSR count). The van der Waals surface area contributed by atoms with Crippen molar-refractivity contribution in [2.75, 3.05) is 0 Å². The lowest BCUT2D eigenvalue weighted by molar-refractivity contribution is 0.535. The zero-order valence-corrected chi connectivity index (χ0v) is 11.8. The molecule has 1 aromatic heterocycles. The largest absolute Gasteiger partial charge is 0.472 e. The second-order valence-electron chi connectivity index (χ2n) is 4.45. The quantitative estimate of drug-likeness (QED) is 0.915. The molecule has 0 aliphatic carbocycles. The second kappa shape index (κ2) is 5.59. The number of hydrogen-bond donors (Lipinski definition) is 1. The number of furan rings is 1. The average Bonchev–Trinajstić information content (AvgIpc) is 2.90. The van der Waals surface area contributed by atoms with Gasteiger partial charge in [0.15, 0.2) is 0 Å². The van der Waals surface area contributed by atoms with Gasteiger partial charge in [-0.25, -0.2) is 13.1 Å². The topological polar surface area (TPSA) is 59.3 Å². The van der Waals surface area contributed by atoms with Crippen molar-refractivity contribution in [1.29, 1.82) is 0 Å². The lowest BCUT2D eigenvalue weighted by Gasteiger charge is -2.15. The van der Waals surface area contributed by atoms with Crippen LogP contribution in [-0.2, 0) is 10.0 Å². The zero-order chi connectivity index (χ0) is 13.9. The van der Waals surface area contributed by atoms with Gasteiger partial charge < -0.3 is 4.42 Å². The van der Waals surface area contributed by atoms with Crippen LogP contribution < -0.4 is 4.72 Å². The predicted molar refractivity (Wildman–Crippen MR) is 73.2 cm³/mol. The Morgan fingerprint density at radius 2 is 1.89 bits per heavy atom. The summed E-state index contributed by atoms with van der Waals surface area (Å²) in [5.74, 6) is 0. The molecular formula is C14H17NO3S. The number of benzene rings is 1. The minimum absolute atomic E-state index is 0.273. The van der Waals surface area contributed by atoms with Crippen LogP contribution >= 0.6 is 0 Å². The first kappa shape index (κ1) is 13.8. The van der Waals surface area contributed by atoms with E-state index in [2.05, 4.69) is 4.72 Å². The van der Waals surface area contributed by atoms with Gasteiger partial charge in [-0.2, -0.15) is 0 Å². The Balaban J connectivity index is 2.23. The molecule has 0 bridgehead atoms. The number of sulfonamides is 1. The van der Waals surface area contributed by atoms with Gasteiger partial charge in [-0.1, -0.05) is 24.6 Å². The van der Waals surface area contributed by atoms with Gasteiger partial charge in [0, 0.05) is 11.6 Å². The van der Waals surface area contributed by atoms with Crippen molar-refractivity contribution in [3.8, 4) is 0 Å². The maximum atomic E-state index is 12.3. The lowest BCUT2D eigenvalue weighted by atomic mass is 10.1. The third-order valence-corrected chi connectivity index (χ3v) is 4.47. The van der Waals surface area contributed by atoms with Crippen molar-refractivity contribution in [2.24, 2.45) is 0 Å². The molecule has 0 aliphatic heterocycles. The highest BCUT2D eigenvalue weighted by molar-refractivity contribution is 7.89. The van der Waals surface area contributed by atoms with Gasteiger partial charge in [-0.05, 0) is 31.5 Å². The van der Waals surface area contributed by atoms with Crippen LogP contribution in [0.25, 0.3) is 0 Å². The molecule has 19 heavy (non-hydrogen) atoms. The maximum absolute atomic E-state index is 12.3. The molecule has 0 spiro atoms. The molecule has 2 aromatic rings. The molecule has 0 radical (unpaired) electrons. The first-order valence-corrected chi connectivity index (χ1v) is 7.62. The van der Waals surface area contributed by atoms with Crippen LogP contribution in [0.2, 0.25) is 0 Å². The first-order valence-electron chi connectivity index (χ1n) is 6.14. The highest BCUT2D eigenvalue weighted by Crippen LogP contribution is 2.20. The number of aryl methyl sites for hydroxylation is 1. The molecule has 1 atom stereocenters. The van der Waals surface area contributed by atoms with E-state index in [1.54, 1.807) is 36.6 Å². The van der Waals surface area contributed by atoms with E-state index in [0.717, 1.165) is 11.1 Å². The van der Waals surface area contributed by atoms with Gasteiger partial charge >= 0.3 is 0 Å². The van der Waals surface area contributed by atoms with Crippen molar-refractivity contribution < 1.29 is 12.8 Å². The fourth-order valence-corrected chi connectivity index (χ4v) is 3.14. The maximum Gasteiger partial charge on any atom is 0.241 e.